The van der Waals surface area contributed by atoms with E-state index >= 15 is 0 Å². The molecule has 0 aromatic heterocycles. The third-order valence-corrected chi connectivity index (χ3v) is 2.27. The van der Waals surface area contributed by atoms with Gasteiger partial charge in [0.15, 0.2) is 0 Å². The summed E-state index contributed by atoms with van der Waals surface area (Å²) in [6.07, 6.45) is 5.12. The first-order valence-electron chi connectivity index (χ1n) is 4.88. The molecule has 1 N–H and O–H groups in total. The normalized spacial score (nSPS) is 11.9. The van der Waals surface area contributed by atoms with Crippen molar-refractivity contribution in [3.63, 3.8) is 0 Å². The van der Waals surface area contributed by atoms with Crippen LogP contribution in [0.3, 0.4) is 0 Å². The topological polar surface area (TPSA) is 21.3 Å². The minimum absolute atomic E-state index is 0.00267. The van der Waals surface area contributed by atoms with Gasteiger partial charge >= 0.3 is 0 Å². The maximum Gasteiger partial charge on any atom is 0.122 e. The van der Waals surface area contributed by atoms with Crippen molar-refractivity contribution in [1.82, 2.24) is 5.32 Å². The second kappa shape index (κ2) is 6.65. The van der Waals surface area contributed by atoms with Crippen LogP contribution in [0.1, 0.15) is 6.92 Å². The van der Waals surface area contributed by atoms with Crippen molar-refractivity contribution in [3.8, 4) is 18.1 Å². The van der Waals surface area contributed by atoms with Gasteiger partial charge in [-0.1, -0.05) is 29.1 Å². The van der Waals surface area contributed by atoms with Gasteiger partial charge in [-0.25, -0.2) is 0 Å². The molecule has 1 aromatic carbocycles. The van der Waals surface area contributed by atoms with Crippen molar-refractivity contribution in [2.45, 2.75) is 13.0 Å². The summed E-state index contributed by atoms with van der Waals surface area (Å²) >= 11 is 11.7. The third-order valence-electron chi connectivity index (χ3n) is 1.83. The maximum atomic E-state index is 5.85. The van der Waals surface area contributed by atoms with Crippen LogP contribution in [0.25, 0.3) is 0 Å². The highest BCUT2D eigenvalue weighted by atomic mass is 35.5. The van der Waals surface area contributed by atoms with Crippen LogP contribution in [0.2, 0.25) is 10.0 Å². The molecule has 0 radical (unpaired) electrons. The van der Waals surface area contributed by atoms with Gasteiger partial charge in [0.25, 0.3) is 0 Å². The molecule has 1 atom stereocenters. The molecular weight excluding hydrogens is 245 g/mol. The average Bonchev–Trinajstić information content (AvgIpc) is 2.16. The van der Waals surface area contributed by atoms with E-state index in [1.54, 1.807) is 18.2 Å². The molecule has 2 nitrogen and oxygen atoms in total. The number of ether oxygens (including phenoxy) is 1. The van der Waals surface area contributed by atoms with Crippen LogP contribution in [-0.4, -0.2) is 19.2 Å². The Kier molecular flexibility index (Phi) is 5.48. The highest BCUT2D eigenvalue weighted by Gasteiger charge is 2.05. The fourth-order valence-electron chi connectivity index (χ4n) is 1.22. The number of nitrogens with one attached hydrogen (secondary N) is 1. The van der Waals surface area contributed by atoms with Crippen LogP contribution in [0.5, 0.6) is 5.75 Å². The Morgan fingerprint density at radius 3 is 2.56 bits per heavy atom. The van der Waals surface area contributed by atoms with Crippen molar-refractivity contribution >= 4 is 23.2 Å². The average molecular weight is 258 g/mol. The molecule has 0 saturated carbocycles. The number of rotatable bonds is 5. The number of hydrogen-bond acceptors (Lipinski definition) is 2. The molecule has 0 bridgehead atoms. The number of hydrogen-bond donors (Lipinski definition) is 1. The molecular formula is C12H13Cl2NO. The lowest BCUT2D eigenvalue weighted by atomic mass is 10.3. The smallest absolute Gasteiger partial charge is 0.122 e. The fourth-order valence-corrected chi connectivity index (χ4v) is 1.72. The summed E-state index contributed by atoms with van der Waals surface area (Å²) in [7, 11) is 0. The minimum atomic E-state index is 0.00267. The molecule has 86 valence electrons. The van der Waals surface area contributed by atoms with Gasteiger partial charge in [-0.3, -0.25) is 0 Å². The van der Waals surface area contributed by atoms with E-state index in [4.69, 9.17) is 34.4 Å². The van der Waals surface area contributed by atoms with Gasteiger partial charge < -0.3 is 10.1 Å². The van der Waals surface area contributed by atoms with Crippen LogP contribution in [0, 0.1) is 12.3 Å². The molecule has 0 heterocycles. The standard InChI is InChI=1S/C12H13Cl2NO/c1-3-4-15-8-9(2)16-12-6-10(13)5-11(14)7-12/h1,5-7,9,15H,4,8H2,2H3. The van der Waals surface area contributed by atoms with Crippen LogP contribution in [-0.2, 0) is 0 Å². The van der Waals surface area contributed by atoms with Crippen LogP contribution in [0.15, 0.2) is 18.2 Å². The number of benzene rings is 1. The summed E-state index contributed by atoms with van der Waals surface area (Å²) < 4.78 is 5.62. The molecule has 0 saturated heterocycles. The van der Waals surface area contributed by atoms with Crippen molar-refractivity contribution < 1.29 is 4.74 Å². The Morgan fingerprint density at radius 1 is 1.38 bits per heavy atom. The second-order valence-corrected chi connectivity index (χ2v) is 4.24. The summed E-state index contributed by atoms with van der Waals surface area (Å²) in [5, 5.41) is 4.18. The van der Waals surface area contributed by atoms with E-state index in [-0.39, 0.29) is 6.10 Å². The van der Waals surface area contributed by atoms with Crippen molar-refractivity contribution in [2.75, 3.05) is 13.1 Å². The Balaban J connectivity index is 2.49. The Hall–Kier alpha value is -0.880. The Labute approximate surface area is 106 Å². The summed E-state index contributed by atoms with van der Waals surface area (Å²) in [5.74, 6) is 3.16. The molecule has 0 aliphatic carbocycles. The van der Waals surface area contributed by atoms with E-state index in [1.165, 1.54) is 0 Å². The molecule has 1 aromatic rings. The molecule has 1 rings (SSSR count). The quantitative estimate of drug-likeness (QED) is 0.647. The van der Waals surface area contributed by atoms with Gasteiger partial charge in [-0.15, -0.1) is 6.42 Å². The van der Waals surface area contributed by atoms with Crippen molar-refractivity contribution in [2.24, 2.45) is 0 Å². The molecule has 4 heteroatoms. The highest BCUT2D eigenvalue weighted by molar-refractivity contribution is 6.34. The van der Waals surface area contributed by atoms with E-state index in [9.17, 15) is 0 Å². The predicted molar refractivity (Wildman–Crippen MR) is 68.3 cm³/mol. The first-order chi connectivity index (χ1) is 7.61. The van der Waals surface area contributed by atoms with E-state index in [2.05, 4.69) is 11.2 Å². The van der Waals surface area contributed by atoms with E-state index in [0.29, 0.717) is 28.9 Å². The van der Waals surface area contributed by atoms with Gasteiger partial charge in [0.1, 0.15) is 11.9 Å². The maximum absolute atomic E-state index is 5.85. The number of terminal acetylenes is 1. The zero-order chi connectivity index (χ0) is 12.0. The summed E-state index contributed by atoms with van der Waals surface area (Å²) in [6, 6.07) is 5.12. The molecule has 1 unspecified atom stereocenters. The van der Waals surface area contributed by atoms with Gasteiger partial charge in [0, 0.05) is 16.6 Å². The lowest BCUT2D eigenvalue weighted by Gasteiger charge is -2.15. The van der Waals surface area contributed by atoms with Gasteiger partial charge in [-0.2, -0.15) is 0 Å². The zero-order valence-electron chi connectivity index (χ0n) is 8.97. The summed E-state index contributed by atoms with van der Waals surface area (Å²) in [4.78, 5) is 0. The fraction of sp³-hybridized carbons (Fsp3) is 0.333. The summed E-state index contributed by atoms with van der Waals surface area (Å²) in [6.45, 7) is 3.15. The molecule has 0 amide bonds. The molecule has 16 heavy (non-hydrogen) atoms. The summed E-state index contributed by atoms with van der Waals surface area (Å²) in [5.41, 5.74) is 0. The molecule has 0 fully saturated rings. The molecule has 0 aliphatic rings. The Morgan fingerprint density at radius 2 is 2.00 bits per heavy atom. The lowest BCUT2D eigenvalue weighted by Crippen LogP contribution is -2.29. The van der Waals surface area contributed by atoms with Gasteiger partial charge in [0.2, 0.25) is 0 Å². The monoisotopic (exact) mass is 257 g/mol. The lowest BCUT2D eigenvalue weighted by molar-refractivity contribution is 0.219. The number of halogens is 2. The van der Waals surface area contributed by atoms with Crippen molar-refractivity contribution in [1.29, 1.82) is 0 Å². The first kappa shape index (κ1) is 13.2. The van der Waals surface area contributed by atoms with E-state index < -0.39 is 0 Å². The SMILES string of the molecule is C#CCNCC(C)Oc1cc(Cl)cc(Cl)c1. The Bertz CT molecular complexity index is 367. The van der Waals surface area contributed by atoms with Crippen LogP contribution >= 0.6 is 23.2 Å². The van der Waals surface area contributed by atoms with Gasteiger partial charge in [0.05, 0.1) is 6.54 Å². The van der Waals surface area contributed by atoms with Crippen LogP contribution < -0.4 is 10.1 Å². The van der Waals surface area contributed by atoms with Gasteiger partial charge in [-0.05, 0) is 25.1 Å². The van der Waals surface area contributed by atoms with Crippen LogP contribution in [0.4, 0.5) is 0 Å². The second-order valence-electron chi connectivity index (χ2n) is 3.37. The third kappa shape index (κ3) is 4.76. The minimum Gasteiger partial charge on any atom is -0.489 e. The van der Waals surface area contributed by atoms with Crippen molar-refractivity contribution in [3.05, 3.63) is 28.2 Å². The zero-order valence-corrected chi connectivity index (χ0v) is 10.5. The van der Waals surface area contributed by atoms with E-state index in [1.807, 2.05) is 6.92 Å². The first-order valence-corrected chi connectivity index (χ1v) is 5.64. The largest absolute Gasteiger partial charge is 0.489 e. The predicted octanol–water partition coefficient (Wildman–Crippen LogP) is 2.98. The molecule has 0 aliphatic heterocycles. The molecule has 0 spiro atoms. The van der Waals surface area contributed by atoms with E-state index in [0.717, 1.165) is 0 Å². The highest BCUT2D eigenvalue weighted by Crippen LogP contribution is 2.24.